The van der Waals surface area contributed by atoms with Gasteiger partial charge in [0.25, 0.3) is 11.6 Å². The number of benzene rings is 3. The molecular weight excluding hydrogens is 626 g/mol. The number of rotatable bonds is 13. The molecule has 3 heterocycles. The molecule has 1 unspecified atom stereocenters. The zero-order valence-corrected chi connectivity index (χ0v) is 27.1. The van der Waals surface area contributed by atoms with Crippen LogP contribution in [0, 0.1) is 16.0 Å². The van der Waals surface area contributed by atoms with Gasteiger partial charge in [-0.1, -0.05) is 66.8 Å². The zero-order chi connectivity index (χ0) is 34.5. The number of aliphatic hydroxyl groups is 2. The van der Waals surface area contributed by atoms with Crippen LogP contribution < -0.4 is 15.5 Å². The van der Waals surface area contributed by atoms with Gasteiger partial charge in [0.15, 0.2) is 5.60 Å². The summed E-state index contributed by atoms with van der Waals surface area (Å²) in [6.07, 6.45) is 7.62. The summed E-state index contributed by atoms with van der Waals surface area (Å²) in [5, 5.41) is 48.2. The number of nitro groups is 1. The topological polar surface area (TPSA) is 176 Å². The molecule has 2 aliphatic heterocycles. The van der Waals surface area contributed by atoms with E-state index in [1.165, 1.54) is 23.1 Å². The second kappa shape index (κ2) is 14.5. The van der Waals surface area contributed by atoms with Crippen molar-refractivity contribution in [3.63, 3.8) is 0 Å². The molecule has 1 aromatic heterocycles. The molecule has 6 rings (SSSR count). The molecule has 0 spiro atoms. The van der Waals surface area contributed by atoms with Crippen LogP contribution in [0.4, 0.5) is 17.1 Å². The van der Waals surface area contributed by atoms with E-state index in [0.717, 1.165) is 30.5 Å². The quantitative estimate of drug-likeness (QED) is 0.0934. The lowest BCUT2D eigenvalue weighted by Gasteiger charge is -2.27. The number of fused-ring (bicyclic) bond motifs is 1. The lowest BCUT2D eigenvalue weighted by atomic mass is 9.82. The summed E-state index contributed by atoms with van der Waals surface area (Å²) in [7, 11) is 0. The Kier molecular flexibility index (Phi) is 9.95. The van der Waals surface area contributed by atoms with Crippen LogP contribution in [0.15, 0.2) is 91.1 Å². The van der Waals surface area contributed by atoms with Gasteiger partial charge in [0, 0.05) is 42.0 Å². The van der Waals surface area contributed by atoms with Crippen LogP contribution in [0.3, 0.4) is 0 Å². The van der Waals surface area contributed by atoms with Gasteiger partial charge in [-0.15, -0.1) is 5.10 Å². The molecule has 1 saturated heterocycles. The fourth-order valence-electron chi connectivity index (χ4n) is 6.50. The van der Waals surface area contributed by atoms with E-state index in [2.05, 4.69) is 20.9 Å². The maximum atomic E-state index is 14.0. The van der Waals surface area contributed by atoms with Gasteiger partial charge in [0.1, 0.15) is 0 Å². The van der Waals surface area contributed by atoms with E-state index < -0.39 is 22.3 Å². The molecule has 0 radical (unpaired) electrons. The highest BCUT2D eigenvalue weighted by molar-refractivity contribution is 6.07. The molecule has 2 amide bonds. The number of carbonyl (C=O) groups excluding carboxylic acids is 2. The zero-order valence-electron chi connectivity index (χ0n) is 27.1. The number of aryl methyl sites for hydroxylation is 1. The van der Waals surface area contributed by atoms with E-state index in [1.54, 1.807) is 48.1 Å². The third-order valence-electron chi connectivity index (χ3n) is 9.31. The number of aliphatic hydroxyl groups excluding tert-OH is 1. The first kappa shape index (κ1) is 33.7. The summed E-state index contributed by atoms with van der Waals surface area (Å²) >= 11 is 0. The van der Waals surface area contributed by atoms with E-state index in [0.29, 0.717) is 30.0 Å². The van der Waals surface area contributed by atoms with E-state index in [9.17, 15) is 29.9 Å². The molecule has 0 saturated carbocycles. The third-order valence-corrected chi connectivity index (χ3v) is 9.31. The van der Waals surface area contributed by atoms with Gasteiger partial charge in [-0.2, -0.15) is 0 Å². The van der Waals surface area contributed by atoms with Gasteiger partial charge >= 0.3 is 0 Å². The van der Waals surface area contributed by atoms with Crippen LogP contribution in [-0.2, 0) is 28.3 Å². The first-order valence-electron chi connectivity index (χ1n) is 16.4. The minimum atomic E-state index is -2.04. The summed E-state index contributed by atoms with van der Waals surface area (Å²) in [4.78, 5) is 39.1. The number of carbonyl (C=O) groups is 2. The van der Waals surface area contributed by atoms with E-state index in [1.807, 2.05) is 36.4 Å². The van der Waals surface area contributed by atoms with Crippen LogP contribution in [0.1, 0.15) is 54.5 Å². The van der Waals surface area contributed by atoms with Gasteiger partial charge in [0.2, 0.25) is 5.91 Å². The molecular formula is C36H39N7O6. The van der Waals surface area contributed by atoms with Gasteiger partial charge in [-0.05, 0) is 55.1 Å². The Bertz CT molecular complexity index is 1840. The highest BCUT2D eigenvalue weighted by atomic mass is 16.6. The van der Waals surface area contributed by atoms with Crippen LogP contribution in [0.25, 0.3) is 0 Å². The Labute approximate surface area is 283 Å². The number of nitrogens with one attached hydrogen (secondary N) is 2. The second-order valence-corrected chi connectivity index (χ2v) is 12.5. The number of hydrogen-bond donors (Lipinski definition) is 4. The predicted molar refractivity (Wildman–Crippen MR) is 183 cm³/mol. The molecule has 13 heteroatoms. The van der Waals surface area contributed by atoms with E-state index in [-0.39, 0.29) is 42.3 Å². The van der Waals surface area contributed by atoms with Crippen molar-refractivity contribution in [1.29, 1.82) is 0 Å². The monoisotopic (exact) mass is 665 g/mol. The average Bonchev–Trinajstić information content (AvgIpc) is 3.87. The number of anilines is 2. The third kappa shape index (κ3) is 7.00. The highest BCUT2D eigenvalue weighted by Gasteiger charge is 2.53. The Hall–Kier alpha value is -5.24. The molecule has 254 valence electrons. The van der Waals surface area contributed by atoms with Crippen LogP contribution in [-0.4, -0.2) is 61.1 Å². The molecule has 4 N–H and O–H groups in total. The van der Waals surface area contributed by atoms with Crippen molar-refractivity contribution < 1.29 is 24.7 Å². The Morgan fingerprint density at radius 3 is 2.65 bits per heavy atom. The molecule has 0 aliphatic carbocycles. The number of nitrogens with zero attached hydrogens (tertiary/aromatic N) is 5. The van der Waals surface area contributed by atoms with Crippen molar-refractivity contribution in [1.82, 2.24) is 20.3 Å². The van der Waals surface area contributed by atoms with Crippen LogP contribution in [0.5, 0.6) is 0 Å². The van der Waals surface area contributed by atoms with Crippen molar-refractivity contribution in [2.24, 2.45) is 5.92 Å². The van der Waals surface area contributed by atoms with E-state index in [4.69, 9.17) is 0 Å². The first-order chi connectivity index (χ1) is 23.7. The number of nitro benzene ring substituents is 1. The average molecular weight is 666 g/mol. The van der Waals surface area contributed by atoms with Gasteiger partial charge < -0.3 is 25.7 Å². The summed E-state index contributed by atoms with van der Waals surface area (Å²) in [5.41, 5.74) is 1.29. The molecule has 2 aliphatic rings. The Morgan fingerprint density at radius 2 is 1.96 bits per heavy atom. The lowest BCUT2D eigenvalue weighted by Crippen LogP contribution is -2.44. The SMILES string of the molecule is C[C@@H](/C=C/CCn1cc(C(CO)c2ccccc2)nn1)[C@]1(O)C(=O)N(Cc2ccc(NC(=O)[C@H]3CCCN3)cc2)c2ccc([N+](=O)[O-])cc21. The number of amides is 2. The number of aromatic nitrogens is 3. The Morgan fingerprint density at radius 1 is 1.18 bits per heavy atom. The summed E-state index contributed by atoms with van der Waals surface area (Å²) in [6, 6.07) is 20.6. The van der Waals surface area contributed by atoms with Crippen LogP contribution >= 0.6 is 0 Å². The molecule has 0 bridgehead atoms. The summed E-state index contributed by atoms with van der Waals surface area (Å²) < 4.78 is 1.67. The predicted octanol–water partition coefficient (Wildman–Crippen LogP) is 4.02. The maximum absolute atomic E-state index is 14.0. The van der Waals surface area contributed by atoms with Crippen molar-refractivity contribution in [2.45, 2.75) is 56.8 Å². The minimum absolute atomic E-state index is 0.0907. The number of hydrogen-bond acceptors (Lipinski definition) is 9. The fraction of sp³-hybridized carbons (Fsp3) is 0.333. The van der Waals surface area contributed by atoms with Gasteiger partial charge in [-0.3, -0.25) is 24.4 Å². The normalized spacial score (nSPS) is 20.0. The van der Waals surface area contributed by atoms with Gasteiger partial charge in [-0.25, -0.2) is 0 Å². The molecule has 3 aromatic carbocycles. The summed E-state index contributed by atoms with van der Waals surface area (Å²) in [5.74, 6) is -1.69. The fourth-order valence-corrected chi connectivity index (χ4v) is 6.50. The van der Waals surface area contributed by atoms with E-state index >= 15 is 0 Å². The van der Waals surface area contributed by atoms with Crippen molar-refractivity contribution in [3.8, 4) is 0 Å². The first-order valence-corrected chi connectivity index (χ1v) is 16.4. The molecule has 49 heavy (non-hydrogen) atoms. The van der Waals surface area contributed by atoms with Crippen molar-refractivity contribution >= 4 is 28.9 Å². The molecule has 1 fully saturated rings. The van der Waals surface area contributed by atoms with Crippen LogP contribution in [0.2, 0.25) is 0 Å². The summed E-state index contributed by atoms with van der Waals surface area (Å²) in [6.45, 7) is 3.00. The lowest BCUT2D eigenvalue weighted by molar-refractivity contribution is -0.385. The standard InChI is InChI=1S/C36H39N7O6/c1-24(8-5-6-19-41-22-32(39-40-41)29(23-44)26-9-3-2-4-10-26)36(47)30-20-28(43(48)49)16-17-33(30)42(35(36)46)21-25-12-14-27(15-13-25)38-34(45)31-11-7-18-37-31/h2-5,8-10,12-17,20,22,24,29,31,37,44,47H,6-7,11,18-19,21,23H2,1H3,(H,38,45)/b8-5+/t24-,29?,31+,36+/m0/s1. The molecule has 4 aromatic rings. The smallest absolute Gasteiger partial charge is 0.269 e. The van der Waals surface area contributed by atoms with Crippen molar-refractivity contribution in [2.75, 3.05) is 23.4 Å². The Balaban J connectivity index is 1.15. The van der Waals surface area contributed by atoms with Crippen molar-refractivity contribution in [3.05, 3.63) is 124 Å². The molecule has 13 nitrogen and oxygen atoms in total. The molecule has 4 atom stereocenters. The number of non-ortho nitro benzene ring substituents is 1. The van der Waals surface area contributed by atoms with Gasteiger partial charge in [0.05, 0.1) is 41.4 Å². The minimum Gasteiger partial charge on any atom is -0.395 e. The number of allylic oxidation sites excluding steroid dienone is 1. The second-order valence-electron chi connectivity index (χ2n) is 12.5. The highest BCUT2D eigenvalue weighted by Crippen LogP contribution is 2.47. The largest absolute Gasteiger partial charge is 0.395 e. The maximum Gasteiger partial charge on any atom is 0.269 e.